The van der Waals surface area contributed by atoms with Gasteiger partial charge in [0.05, 0.1) is 60.4 Å². The molecule has 0 aliphatic carbocycles. The maximum absolute atomic E-state index is 4.93. The van der Waals surface area contributed by atoms with Crippen LogP contribution in [0.3, 0.4) is 0 Å². The molecule has 0 bridgehead atoms. The summed E-state index contributed by atoms with van der Waals surface area (Å²) in [7, 11) is -1.43. The van der Waals surface area contributed by atoms with Gasteiger partial charge < -0.3 is 25.3 Å². The molecule has 2 aromatic heterocycles. The number of nitrogens with zero attached hydrogens (tertiary/aromatic N) is 2. The van der Waals surface area contributed by atoms with Gasteiger partial charge in [-0.1, -0.05) is 144 Å². The predicted octanol–water partition coefficient (Wildman–Crippen LogP) is 9.77. The molecule has 2 nitrogen and oxygen atoms in total. The molecule has 278 valence electrons. The van der Waals surface area contributed by atoms with Crippen molar-refractivity contribution in [1.29, 1.82) is 0 Å². The van der Waals surface area contributed by atoms with Gasteiger partial charge >= 0.3 is 44.8 Å². The quantitative estimate of drug-likeness (QED) is 0.0623. The van der Waals surface area contributed by atoms with E-state index in [9.17, 15) is 0 Å². The van der Waals surface area contributed by atoms with Gasteiger partial charge in [-0.05, 0) is 73.5 Å². The maximum Gasteiger partial charge on any atom is 1.00 e. The molecule has 0 saturated heterocycles. The Morgan fingerprint density at radius 2 is 0.611 bits per heavy atom. The number of aromatic nitrogens is 2. The Labute approximate surface area is 365 Å². The molecule has 0 unspecified atom stereocenters. The van der Waals surface area contributed by atoms with E-state index in [0.29, 0.717) is 10.1 Å². The van der Waals surface area contributed by atoms with Gasteiger partial charge in [-0.25, -0.2) is 0 Å². The minimum Gasteiger partial charge on any atom is -0.760 e. The van der Waals surface area contributed by atoms with E-state index in [0.717, 1.165) is 21.8 Å². The fourth-order valence-electron chi connectivity index (χ4n) is 6.17. The number of hydrogen-bond acceptors (Lipinski definition) is 4. The summed E-state index contributed by atoms with van der Waals surface area (Å²) < 4.78 is 0. The molecular weight excluding hydrogens is 1100 g/mol. The normalized spacial score (nSPS) is 10.3. The van der Waals surface area contributed by atoms with Crippen molar-refractivity contribution >= 4 is 84.1 Å². The molecule has 0 N–H and O–H groups in total. The van der Waals surface area contributed by atoms with Crippen LogP contribution in [0.25, 0.3) is 21.8 Å². The summed E-state index contributed by atoms with van der Waals surface area (Å²) in [6.45, 7) is 0. The predicted molar refractivity (Wildman–Crippen MR) is 235 cm³/mol. The Kier molecular flexibility index (Phi) is 19.2. The first kappa shape index (κ1) is 43.6. The van der Waals surface area contributed by atoms with Crippen molar-refractivity contribution in [3.8, 4) is 0 Å². The van der Waals surface area contributed by atoms with Crippen LogP contribution in [0.5, 0.6) is 0 Å². The third-order valence-corrected chi connectivity index (χ3v) is 15.0. The Bertz CT molecular complexity index is 2010. The number of unbranched alkanes of at least 4 members (excludes halogenated alkanes) is 1. The van der Waals surface area contributed by atoms with E-state index in [1.165, 1.54) is 46.4 Å². The minimum atomic E-state index is -0.714. The van der Waals surface area contributed by atoms with Gasteiger partial charge in [0, 0.05) is 10.8 Å². The molecule has 0 saturated carbocycles. The zero-order chi connectivity index (χ0) is 35.8. The third kappa shape index (κ3) is 13.3. The van der Waals surface area contributed by atoms with Crippen molar-refractivity contribution in [1.82, 2.24) is 9.97 Å². The molecule has 2 heterocycles. The Hall–Kier alpha value is -3.08. The second-order valence-corrected chi connectivity index (χ2v) is 18.4. The van der Waals surface area contributed by atoms with Crippen molar-refractivity contribution in [2.75, 3.05) is 12.3 Å². The number of hydrogen-bond donors (Lipinski definition) is 0. The molecule has 0 radical (unpaired) electrons. The second kappa shape index (κ2) is 23.8. The summed E-state index contributed by atoms with van der Waals surface area (Å²) in [5.41, 5.74) is 1.94. The zero-order valence-electron chi connectivity index (χ0n) is 29.6. The van der Waals surface area contributed by atoms with Gasteiger partial charge in [-0.3, -0.25) is 9.97 Å². The fraction of sp³-hybridized carbons (Fsp3) is 0.0870. The molecule has 0 atom stereocenters. The van der Waals surface area contributed by atoms with Crippen LogP contribution in [-0.2, 0) is 70.0 Å². The van der Waals surface area contributed by atoms with Crippen LogP contribution >= 0.6 is 15.8 Å². The van der Waals surface area contributed by atoms with Crippen molar-refractivity contribution < 1.29 is 44.8 Å². The number of fused-ring (bicyclic) bond motifs is 2. The molecule has 6 aromatic carbocycles. The molecule has 8 rings (SSSR count). The maximum atomic E-state index is 4.93. The first-order valence-electron chi connectivity index (χ1n) is 17.6. The summed E-state index contributed by atoms with van der Waals surface area (Å²) in [5.74, 6) is 0. The van der Waals surface area contributed by atoms with Gasteiger partial charge in [0.2, 0.25) is 0 Å². The second-order valence-electron chi connectivity index (χ2n) is 12.3. The summed E-state index contributed by atoms with van der Waals surface area (Å²) in [4.78, 5) is 8.38. The van der Waals surface area contributed by atoms with E-state index in [-0.39, 0.29) is 44.8 Å². The topological polar surface area (TPSA) is 25.8 Å². The van der Waals surface area contributed by atoms with Crippen LogP contribution < -0.4 is 21.2 Å². The van der Waals surface area contributed by atoms with Gasteiger partial charge in [0.15, 0.2) is 0 Å². The standard InChI is InChI=1S/C28H28P2.2C9H7NS.2Au/c1-5-15-25(16-6-1)29(26-17-7-2-8-18-26)23-13-14-24-30(27-19-9-3-10-20-27)28-21-11-4-12-22-28;2*11-9-6-5-7-3-1-2-4-8(7)10-9;;/h1-12,15-22H,13-14,23-24H2;2*1-6H,(H,10,11);;/q;;;2*+1. The van der Waals surface area contributed by atoms with Gasteiger partial charge in [-0.15, -0.1) is 0 Å². The van der Waals surface area contributed by atoms with Crippen LogP contribution in [0.2, 0.25) is 0 Å². The van der Waals surface area contributed by atoms with Crippen LogP contribution in [-0.4, -0.2) is 22.3 Å². The van der Waals surface area contributed by atoms with E-state index in [2.05, 4.69) is 131 Å². The van der Waals surface area contributed by atoms with Crippen LogP contribution in [0.4, 0.5) is 0 Å². The number of rotatable bonds is 9. The molecular formula is C46H42Au2N2P2S2+2. The first-order chi connectivity index (χ1) is 25.6. The fourth-order valence-corrected chi connectivity index (χ4v) is 11.9. The Morgan fingerprint density at radius 3 is 0.926 bits per heavy atom. The zero-order valence-corrected chi connectivity index (χ0v) is 37.6. The van der Waals surface area contributed by atoms with Gasteiger partial charge in [-0.2, -0.15) is 0 Å². The first-order valence-corrected chi connectivity index (χ1v) is 21.9. The third-order valence-electron chi connectivity index (χ3n) is 8.74. The monoisotopic (exact) mass is 1140 g/mol. The van der Waals surface area contributed by atoms with E-state index in [1.807, 2.05) is 72.8 Å². The molecule has 8 aromatic rings. The van der Waals surface area contributed by atoms with Gasteiger partial charge in [0.1, 0.15) is 0 Å². The van der Waals surface area contributed by atoms with E-state index in [1.54, 1.807) is 0 Å². The smallest absolute Gasteiger partial charge is 0.760 e. The number of benzene rings is 6. The molecule has 54 heavy (non-hydrogen) atoms. The average molecular weight is 1140 g/mol. The van der Waals surface area contributed by atoms with Crippen LogP contribution in [0, 0.1) is 0 Å². The van der Waals surface area contributed by atoms with Crippen molar-refractivity contribution in [3.05, 3.63) is 194 Å². The van der Waals surface area contributed by atoms with Gasteiger partial charge in [0.25, 0.3) is 0 Å². The molecule has 0 fully saturated rings. The summed E-state index contributed by atoms with van der Waals surface area (Å²) in [6.07, 6.45) is 5.20. The van der Waals surface area contributed by atoms with Crippen LogP contribution in [0.1, 0.15) is 12.8 Å². The van der Waals surface area contributed by atoms with Crippen molar-refractivity contribution in [3.63, 3.8) is 0 Å². The summed E-state index contributed by atoms with van der Waals surface area (Å²) in [5, 5.41) is 9.72. The Balaban J connectivity index is 0.000000220. The molecule has 0 spiro atoms. The molecule has 0 aliphatic rings. The van der Waals surface area contributed by atoms with E-state index in [4.69, 9.17) is 25.3 Å². The van der Waals surface area contributed by atoms with Crippen LogP contribution in [0.15, 0.2) is 204 Å². The van der Waals surface area contributed by atoms with Crippen molar-refractivity contribution in [2.45, 2.75) is 22.9 Å². The largest absolute Gasteiger partial charge is 1.00 e. The average Bonchev–Trinajstić information content (AvgIpc) is 3.21. The summed E-state index contributed by atoms with van der Waals surface area (Å²) >= 11 is 9.86. The number of para-hydroxylation sites is 2. The molecule has 8 heteroatoms. The van der Waals surface area contributed by atoms with Crippen molar-refractivity contribution in [2.24, 2.45) is 0 Å². The Morgan fingerprint density at radius 1 is 0.333 bits per heavy atom. The molecule has 0 amide bonds. The van der Waals surface area contributed by atoms with E-state index < -0.39 is 15.8 Å². The SMILES string of the molecule is [Au+].[Au+].[S-]c1ccc2ccccc2n1.[S-]c1ccc2ccccc2n1.c1ccc([PH+](CCCC[PH+](c2ccccc2)c2ccccc2)c2ccccc2)cc1. The van der Waals surface area contributed by atoms with E-state index >= 15 is 0 Å². The minimum absolute atomic E-state index is 0. The molecule has 0 aliphatic heterocycles. The summed E-state index contributed by atoms with van der Waals surface area (Å²) in [6, 6.07) is 68.2. The number of pyridine rings is 2.